The summed E-state index contributed by atoms with van der Waals surface area (Å²) in [6.45, 7) is 1.22. The molecule has 49 heavy (non-hydrogen) atoms. The van der Waals surface area contributed by atoms with Crippen LogP contribution in [-0.4, -0.2) is 44.9 Å². The Hall–Kier alpha value is -5.61. The number of hydrogen-bond donors (Lipinski definition) is 1. The Labute approximate surface area is 282 Å². The SMILES string of the molecule is O=C(NCc1ccc(F)cc1F)c1cn2c(c(OCc3ccccc3)c1=O)C(=O)N1[C@@H](Cc3ccccc3)CN(Cc3ccccc3)[C@@H]1C2. The molecule has 0 aliphatic carbocycles. The molecule has 2 amide bonds. The first-order valence-corrected chi connectivity index (χ1v) is 16.2. The van der Waals surface area contributed by atoms with Gasteiger partial charge < -0.3 is 19.5 Å². The van der Waals surface area contributed by atoms with Crippen molar-refractivity contribution >= 4 is 11.8 Å². The molecule has 1 N–H and O–H groups in total. The molecule has 10 heteroatoms. The van der Waals surface area contributed by atoms with Gasteiger partial charge in [0.05, 0.1) is 12.6 Å². The molecule has 0 radical (unpaired) electrons. The molecular weight excluding hydrogens is 626 g/mol. The number of ether oxygens (including phenoxy) is 1. The lowest BCUT2D eigenvalue weighted by atomic mass is 10.0. The lowest BCUT2D eigenvalue weighted by Gasteiger charge is -2.38. The van der Waals surface area contributed by atoms with Crippen molar-refractivity contribution in [3.8, 4) is 5.75 Å². The van der Waals surface area contributed by atoms with Gasteiger partial charge in [-0.3, -0.25) is 19.3 Å². The summed E-state index contributed by atoms with van der Waals surface area (Å²) in [6, 6.07) is 32.1. The number of nitrogens with one attached hydrogen (secondary N) is 1. The highest BCUT2D eigenvalue weighted by Crippen LogP contribution is 2.34. The van der Waals surface area contributed by atoms with Crippen molar-refractivity contribution in [1.82, 2.24) is 19.7 Å². The molecule has 0 spiro atoms. The third-order valence-electron chi connectivity index (χ3n) is 9.08. The predicted octanol–water partition coefficient (Wildman–Crippen LogP) is 5.54. The number of halogens is 2. The molecule has 4 aromatic carbocycles. The molecular formula is C39H34F2N4O4. The quantitative estimate of drug-likeness (QED) is 0.213. The van der Waals surface area contributed by atoms with Crippen molar-refractivity contribution < 1.29 is 23.1 Å². The van der Waals surface area contributed by atoms with Crippen molar-refractivity contribution in [2.24, 2.45) is 0 Å². The van der Waals surface area contributed by atoms with Gasteiger partial charge in [-0.25, -0.2) is 8.78 Å². The van der Waals surface area contributed by atoms with Crippen LogP contribution in [0.2, 0.25) is 0 Å². The van der Waals surface area contributed by atoms with Crippen LogP contribution >= 0.6 is 0 Å². The van der Waals surface area contributed by atoms with Crippen LogP contribution in [0.1, 0.15) is 43.1 Å². The molecule has 0 saturated carbocycles. The molecule has 1 fully saturated rings. The minimum absolute atomic E-state index is 0.000766. The number of fused-ring (bicyclic) bond motifs is 2. The number of amides is 2. The Morgan fingerprint density at radius 2 is 1.47 bits per heavy atom. The summed E-state index contributed by atoms with van der Waals surface area (Å²) >= 11 is 0. The maximum absolute atomic E-state index is 14.6. The molecule has 0 bridgehead atoms. The number of carbonyl (C=O) groups excluding carboxylic acids is 2. The summed E-state index contributed by atoms with van der Waals surface area (Å²) in [5.74, 6) is -2.89. The fourth-order valence-corrected chi connectivity index (χ4v) is 6.70. The Morgan fingerprint density at radius 1 is 0.816 bits per heavy atom. The van der Waals surface area contributed by atoms with E-state index >= 15 is 0 Å². The van der Waals surface area contributed by atoms with Crippen molar-refractivity contribution in [2.45, 2.75) is 44.9 Å². The number of hydrogen-bond acceptors (Lipinski definition) is 5. The summed E-state index contributed by atoms with van der Waals surface area (Å²) in [5.41, 5.74) is 2.12. The predicted molar refractivity (Wildman–Crippen MR) is 180 cm³/mol. The van der Waals surface area contributed by atoms with Gasteiger partial charge in [0.25, 0.3) is 11.8 Å². The van der Waals surface area contributed by atoms with Gasteiger partial charge in [-0.1, -0.05) is 97.1 Å². The van der Waals surface area contributed by atoms with E-state index in [1.807, 2.05) is 95.9 Å². The number of aromatic nitrogens is 1. The summed E-state index contributed by atoms with van der Waals surface area (Å²) in [4.78, 5) is 46.3. The fraction of sp³-hybridized carbons (Fsp3) is 0.205. The second kappa shape index (κ2) is 13.9. The normalized spacial score (nSPS) is 17.0. The lowest BCUT2D eigenvalue weighted by molar-refractivity contribution is 0.0426. The molecule has 2 aliphatic rings. The Morgan fingerprint density at radius 3 is 2.14 bits per heavy atom. The molecule has 8 nitrogen and oxygen atoms in total. The molecule has 3 heterocycles. The Kier molecular flexibility index (Phi) is 9.04. The fourth-order valence-electron chi connectivity index (χ4n) is 6.70. The third kappa shape index (κ3) is 6.73. The van der Waals surface area contributed by atoms with Gasteiger partial charge in [0.15, 0.2) is 11.4 Å². The highest BCUT2D eigenvalue weighted by Gasteiger charge is 2.47. The Bertz CT molecular complexity index is 2040. The van der Waals surface area contributed by atoms with E-state index < -0.39 is 23.0 Å². The van der Waals surface area contributed by atoms with Crippen LogP contribution in [0, 0.1) is 11.6 Å². The Balaban J connectivity index is 1.27. The summed E-state index contributed by atoms with van der Waals surface area (Å²) in [5, 5.41) is 2.58. The van der Waals surface area contributed by atoms with E-state index in [-0.39, 0.29) is 60.4 Å². The molecule has 1 aromatic heterocycles. The van der Waals surface area contributed by atoms with Gasteiger partial charge in [0.1, 0.15) is 30.0 Å². The molecule has 5 aromatic rings. The van der Waals surface area contributed by atoms with Crippen LogP contribution in [0.3, 0.4) is 0 Å². The van der Waals surface area contributed by atoms with Gasteiger partial charge >= 0.3 is 0 Å². The highest BCUT2D eigenvalue weighted by atomic mass is 19.1. The van der Waals surface area contributed by atoms with Crippen LogP contribution < -0.4 is 15.5 Å². The topological polar surface area (TPSA) is 83.9 Å². The number of nitrogens with zero attached hydrogens (tertiary/aromatic N) is 3. The molecule has 7 rings (SSSR count). The van der Waals surface area contributed by atoms with Gasteiger partial charge in [0.2, 0.25) is 5.43 Å². The number of rotatable bonds is 10. The first-order chi connectivity index (χ1) is 23.9. The van der Waals surface area contributed by atoms with Crippen LogP contribution in [0.5, 0.6) is 5.75 Å². The molecule has 2 aliphatic heterocycles. The number of carbonyl (C=O) groups is 2. The monoisotopic (exact) mass is 660 g/mol. The lowest BCUT2D eigenvalue weighted by Crippen LogP contribution is -2.53. The van der Waals surface area contributed by atoms with Crippen LogP contribution in [0.15, 0.2) is 120 Å². The van der Waals surface area contributed by atoms with E-state index in [2.05, 4.69) is 10.2 Å². The van der Waals surface area contributed by atoms with E-state index in [0.717, 1.165) is 28.8 Å². The van der Waals surface area contributed by atoms with Crippen LogP contribution in [-0.2, 0) is 32.7 Å². The molecule has 0 unspecified atom stereocenters. The van der Waals surface area contributed by atoms with E-state index in [1.165, 1.54) is 12.3 Å². The second-order valence-electron chi connectivity index (χ2n) is 12.3. The van der Waals surface area contributed by atoms with Crippen molar-refractivity contribution in [3.63, 3.8) is 0 Å². The maximum Gasteiger partial charge on any atom is 0.276 e. The van der Waals surface area contributed by atoms with E-state index in [0.29, 0.717) is 19.5 Å². The maximum atomic E-state index is 14.6. The van der Waals surface area contributed by atoms with Crippen LogP contribution in [0.4, 0.5) is 8.78 Å². The van der Waals surface area contributed by atoms with Gasteiger partial charge in [0, 0.05) is 37.5 Å². The first kappa shape index (κ1) is 32.0. The number of pyridine rings is 1. The third-order valence-corrected chi connectivity index (χ3v) is 9.08. The zero-order valence-electron chi connectivity index (χ0n) is 26.6. The van der Waals surface area contributed by atoms with E-state index in [4.69, 9.17) is 4.74 Å². The van der Waals surface area contributed by atoms with Gasteiger partial charge in [-0.15, -0.1) is 0 Å². The largest absolute Gasteiger partial charge is 0.483 e. The second-order valence-corrected chi connectivity index (χ2v) is 12.3. The standard InChI is InChI=1S/C39H34F2N4O4/c40-30-17-16-29(33(41)19-30)20-42-38(47)32-23-44-24-34-43(21-27-12-6-2-7-13-27)22-31(18-26-10-4-1-5-11-26)45(34)39(48)35(44)37(36(32)46)49-25-28-14-8-3-9-15-28/h1-17,19,23,31,34H,18,20-22,24-25H2,(H,42,47)/t31-,34-/m0/s1. The summed E-state index contributed by atoms with van der Waals surface area (Å²) < 4.78 is 35.6. The smallest absolute Gasteiger partial charge is 0.276 e. The van der Waals surface area contributed by atoms with E-state index in [1.54, 1.807) is 4.57 Å². The van der Waals surface area contributed by atoms with Gasteiger partial charge in [-0.05, 0) is 29.2 Å². The molecule has 248 valence electrons. The zero-order chi connectivity index (χ0) is 33.9. The molecule has 2 atom stereocenters. The van der Waals surface area contributed by atoms with Crippen molar-refractivity contribution in [2.75, 3.05) is 6.54 Å². The van der Waals surface area contributed by atoms with Gasteiger partial charge in [-0.2, -0.15) is 0 Å². The summed E-state index contributed by atoms with van der Waals surface area (Å²) in [6.07, 6.45) is 1.66. The van der Waals surface area contributed by atoms with Crippen LogP contribution in [0.25, 0.3) is 0 Å². The summed E-state index contributed by atoms with van der Waals surface area (Å²) in [7, 11) is 0. The van der Waals surface area contributed by atoms with E-state index in [9.17, 15) is 23.2 Å². The van der Waals surface area contributed by atoms with Crippen molar-refractivity contribution in [3.05, 3.63) is 171 Å². The average molecular weight is 661 g/mol. The molecule has 1 saturated heterocycles. The first-order valence-electron chi connectivity index (χ1n) is 16.2. The average Bonchev–Trinajstić information content (AvgIpc) is 3.44. The minimum atomic E-state index is -0.815. The highest BCUT2D eigenvalue weighted by molar-refractivity contribution is 5.99. The number of benzene rings is 4. The zero-order valence-corrected chi connectivity index (χ0v) is 26.6. The van der Waals surface area contributed by atoms with Crippen molar-refractivity contribution in [1.29, 1.82) is 0 Å². The minimum Gasteiger partial charge on any atom is -0.483 e.